The van der Waals surface area contributed by atoms with Crippen molar-refractivity contribution in [1.29, 1.82) is 0 Å². The van der Waals surface area contributed by atoms with E-state index in [1.807, 2.05) is 27.7 Å². The highest BCUT2D eigenvalue weighted by atomic mass is 19.1. The summed E-state index contributed by atoms with van der Waals surface area (Å²) in [6.45, 7) is 9.56. The lowest BCUT2D eigenvalue weighted by molar-refractivity contribution is -0.121. The van der Waals surface area contributed by atoms with Gasteiger partial charge in [0.05, 0.1) is 6.54 Å². The van der Waals surface area contributed by atoms with Crippen molar-refractivity contribution in [3.63, 3.8) is 0 Å². The molecule has 146 valence electrons. The minimum Gasteiger partial charge on any atom is -0.489 e. The highest BCUT2D eigenvalue weighted by molar-refractivity contribution is 5.81. The maximum absolute atomic E-state index is 12.9. The number of hydrogen-bond donors (Lipinski definition) is 3. The van der Waals surface area contributed by atoms with Crippen LogP contribution in [0.2, 0.25) is 0 Å². The molecule has 0 saturated heterocycles. The zero-order valence-corrected chi connectivity index (χ0v) is 16.1. The standard InChI is InChI=1S/C19H31FN4O2/c1-5-14(3)24-18(25)11-12-22-19(21-6-2)23-13-15(4)26-17-9-7-16(20)8-10-17/h7-10,14-15H,5-6,11-13H2,1-4H3,(H,24,25)(H2,21,22,23). The number of carbonyl (C=O) groups excluding carboxylic acids is 1. The topological polar surface area (TPSA) is 74.8 Å². The third-order valence-corrected chi connectivity index (χ3v) is 3.67. The van der Waals surface area contributed by atoms with Crippen LogP contribution >= 0.6 is 0 Å². The summed E-state index contributed by atoms with van der Waals surface area (Å²) in [6, 6.07) is 6.10. The molecule has 0 saturated carbocycles. The summed E-state index contributed by atoms with van der Waals surface area (Å²) in [6.07, 6.45) is 1.13. The number of carbonyl (C=O) groups is 1. The maximum atomic E-state index is 12.9. The molecule has 6 nitrogen and oxygen atoms in total. The van der Waals surface area contributed by atoms with E-state index in [-0.39, 0.29) is 23.9 Å². The van der Waals surface area contributed by atoms with E-state index in [1.165, 1.54) is 12.1 Å². The molecule has 0 heterocycles. The van der Waals surface area contributed by atoms with Gasteiger partial charge in [0.1, 0.15) is 17.7 Å². The van der Waals surface area contributed by atoms with Gasteiger partial charge in [0.25, 0.3) is 0 Å². The molecule has 1 rings (SSSR count). The number of amides is 1. The molecular formula is C19H31FN4O2. The molecule has 0 aliphatic carbocycles. The number of nitrogens with zero attached hydrogens (tertiary/aromatic N) is 1. The van der Waals surface area contributed by atoms with E-state index in [4.69, 9.17) is 4.74 Å². The van der Waals surface area contributed by atoms with Crippen LogP contribution in [0, 0.1) is 5.82 Å². The fourth-order valence-corrected chi connectivity index (χ4v) is 2.09. The normalized spacial score (nSPS) is 13.7. The maximum Gasteiger partial charge on any atom is 0.221 e. The molecule has 2 atom stereocenters. The lowest BCUT2D eigenvalue weighted by Crippen LogP contribution is -2.40. The van der Waals surface area contributed by atoms with E-state index in [1.54, 1.807) is 12.1 Å². The van der Waals surface area contributed by atoms with Gasteiger partial charge in [-0.3, -0.25) is 4.79 Å². The monoisotopic (exact) mass is 366 g/mol. The summed E-state index contributed by atoms with van der Waals surface area (Å²) in [5.74, 6) is 0.974. The van der Waals surface area contributed by atoms with Crippen molar-refractivity contribution in [3.8, 4) is 5.75 Å². The first-order valence-corrected chi connectivity index (χ1v) is 9.18. The Hall–Kier alpha value is -2.31. The van der Waals surface area contributed by atoms with Crippen LogP contribution in [0.3, 0.4) is 0 Å². The molecule has 1 aromatic rings. The fraction of sp³-hybridized carbons (Fsp3) is 0.579. The Morgan fingerprint density at radius 3 is 2.50 bits per heavy atom. The SMILES string of the molecule is CCNC(=NCC(C)Oc1ccc(F)cc1)NCCC(=O)NC(C)CC. The lowest BCUT2D eigenvalue weighted by atomic mass is 10.2. The summed E-state index contributed by atoms with van der Waals surface area (Å²) in [5.41, 5.74) is 0. The number of hydrogen-bond acceptors (Lipinski definition) is 3. The average molecular weight is 366 g/mol. The van der Waals surface area contributed by atoms with Crippen LogP contribution in [0.25, 0.3) is 0 Å². The molecule has 0 aromatic heterocycles. The van der Waals surface area contributed by atoms with Crippen LogP contribution in [0.15, 0.2) is 29.3 Å². The van der Waals surface area contributed by atoms with Gasteiger partial charge in [0.15, 0.2) is 5.96 Å². The molecule has 1 amide bonds. The van der Waals surface area contributed by atoms with Crippen molar-refractivity contribution in [2.45, 2.75) is 52.7 Å². The van der Waals surface area contributed by atoms with Crippen molar-refractivity contribution in [2.24, 2.45) is 4.99 Å². The van der Waals surface area contributed by atoms with Crippen LogP contribution < -0.4 is 20.7 Å². The summed E-state index contributed by atoms with van der Waals surface area (Å²) >= 11 is 0. The van der Waals surface area contributed by atoms with Crippen LogP contribution in [-0.2, 0) is 4.79 Å². The van der Waals surface area contributed by atoms with Crippen molar-refractivity contribution in [3.05, 3.63) is 30.1 Å². The van der Waals surface area contributed by atoms with Crippen molar-refractivity contribution in [2.75, 3.05) is 19.6 Å². The smallest absolute Gasteiger partial charge is 0.221 e. The highest BCUT2D eigenvalue weighted by Gasteiger charge is 2.07. The Morgan fingerprint density at radius 1 is 1.19 bits per heavy atom. The van der Waals surface area contributed by atoms with Crippen LogP contribution in [0.4, 0.5) is 4.39 Å². The second-order valence-corrected chi connectivity index (χ2v) is 6.16. The highest BCUT2D eigenvalue weighted by Crippen LogP contribution is 2.12. The zero-order valence-electron chi connectivity index (χ0n) is 16.1. The number of benzene rings is 1. The molecule has 0 bridgehead atoms. The van der Waals surface area contributed by atoms with Crippen LogP contribution in [-0.4, -0.2) is 43.6 Å². The number of ether oxygens (including phenoxy) is 1. The Labute approximate surface area is 155 Å². The number of halogens is 1. The van der Waals surface area contributed by atoms with Gasteiger partial charge in [0, 0.05) is 25.6 Å². The van der Waals surface area contributed by atoms with Gasteiger partial charge < -0.3 is 20.7 Å². The molecule has 0 radical (unpaired) electrons. The molecule has 2 unspecified atom stereocenters. The van der Waals surface area contributed by atoms with E-state index in [0.717, 1.165) is 13.0 Å². The molecule has 0 fully saturated rings. The number of aliphatic imine (C=N–C) groups is 1. The molecule has 7 heteroatoms. The molecule has 26 heavy (non-hydrogen) atoms. The van der Waals surface area contributed by atoms with Gasteiger partial charge in [-0.2, -0.15) is 0 Å². The Balaban J connectivity index is 2.41. The number of rotatable bonds is 10. The Bertz CT molecular complexity index is 563. The van der Waals surface area contributed by atoms with E-state index in [2.05, 4.69) is 20.9 Å². The fourth-order valence-electron chi connectivity index (χ4n) is 2.09. The third-order valence-electron chi connectivity index (χ3n) is 3.67. The van der Waals surface area contributed by atoms with Crippen LogP contribution in [0.1, 0.15) is 40.5 Å². The molecule has 3 N–H and O–H groups in total. The van der Waals surface area contributed by atoms with Gasteiger partial charge in [-0.1, -0.05) is 6.92 Å². The van der Waals surface area contributed by atoms with Gasteiger partial charge in [-0.15, -0.1) is 0 Å². The molecular weight excluding hydrogens is 335 g/mol. The summed E-state index contributed by atoms with van der Waals surface area (Å²) in [7, 11) is 0. The second kappa shape index (κ2) is 12.1. The first kappa shape index (κ1) is 21.7. The Kier molecular flexibility index (Phi) is 10.1. The molecule has 1 aromatic carbocycles. The second-order valence-electron chi connectivity index (χ2n) is 6.16. The summed E-state index contributed by atoms with van der Waals surface area (Å²) in [5, 5.41) is 9.21. The first-order chi connectivity index (χ1) is 12.4. The molecule has 0 aliphatic rings. The lowest BCUT2D eigenvalue weighted by Gasteiger charge is -2.15. The van der Waals surface area contributed by atoms with Crippen molar-refractivity contribution < 1.29 is 13.9 Å². The van der Waals surface area contributed by atoms with Crippen molar-refractivity contribution >= 4 is 11.9 Å². The first-order valence-electron chi connectivity index (χ1n) is 9.18. The quantitative estimate of drug-likeness (QED) is 0.439. The largest absolute Gasteiger partial charge is 0.489 e. The number of guanidine groups is 1. The summed E-state index contributed by atoms with van der Waals surface area (Å²) in [4.78, 5) is 16.3. The minimum absolute atomic E-state index is 0.0238. The average Bonchev–Trinajstić information content (AvgIpc) is 2.61. The van der Waals surface area contributed by atoms with Gasteiger partial charge in [-0.25, -0.2) is 9.38 Å². The Morgan fingerprint density at radius 2 is 1.88 bits per heavy atom. The predicted molar refractivity (Wildman–Crippen MR) is 103 cm³/mol. The third kappa shape index (κ3) is 9.25. The van der Waals surface area contributed by atoms with Crippen molar-refractivity contribution in [1.82, 2.24) is 16.0 Å². The molecule has 0 aliphatic heterocycles. The van der Waals surface area contributed by atoms with Gasteiger partial charge in [0.2, 0.25) is 5.91 Å². The molecule has 0 spiro atoms. The summed E-state index contributed by atoms with van der Waals surface area (Å²) < 4.78 is 18.6. The van der Waals surface area contributed by atoms with E-state index < -0.39 is 0 Å². The van der Waals surface area contributed by atoms with Gasteiger partial charge in [-0.05, 0) is 51.5 Å². The zero-order chi connectivity index (χ0) is 19.4. The van der Waals surface area contributed by atoms with E-state index in [0.29, 0.717) is 31.2 Å². The minimum atomic E-state index is -0.293. The number of nitrogens with one attached hydrogen (secondary N) is 3. The van der Waals surface area contributed by atoms with E-state index in [9.17, 15) is 9.18 Å². The van der Waals surface area contributed by atoms with Gasteiger partial charge >= 0.3 is 0 Å². The van der Waals surface area contributed by atoms with E-state index >= 15 is 0 Å². The van der Waals surface area contributed by atoms with Crippen LogP contribution in [0.5, 0.6) is 5.75 Å². The predicted octanol–water partition coefficient (Wildman–Crippen LogP) is 2.45.